The minimum Gasteiger partial charge on any atom is -0.351 e. The zero-order valence-corrected chi connectivity index (χ0v) is 60.7. The van der Waals surface area contributed by atoms with E-state index in [1.165, 1.54) is 55.4 Å². The molecule has 6 N–H and O–H groups in total. The van der Waals surface area contributed by atoms with Crippen LogP contribution in [0.15, 0.2) is 278 Å². The van der Waals surface area contributed by atoms with Crippen molar-refractivity contribution in [2.75, 3.05) is 37.3 Å². The smallest absolute Gasteiger partial charge is 0.326 e. The lowest BCUT2D eigenvalue weighted by molar-refractivity contribution is 0.253. The van der Waals surface area contributed by atoms with Gasteiger partial charge in [-0.25, -0.2) is 69.6 Å². The highest BCUT2D eigenvalue weighted by Gasteiger charge is 2.33. The van der Waals surface area contributed by atoms with Crippen molar-refractivity contribution >= 4 is 135 Å². The normalized spacial score (nSPS) is 13.2. The minimum atomic E-state index is -3.95. The number of nitrogens with zero attached hydrogens (tertiary/aromatic N) is 3. The number of primary sulfonamides is 1. The fourth-order valence-electron chi connectivity index (χ4n) is 10.1. The highest BCUT2D eigenvalue weighted by molar-refractivity contribution is 7.94. The van der Waals surface area contributed by atoms with Crippen molar-refractivity contribution in [1.29, 1.82) is 0 Å². The average Bonchev–Trinajstić information content (AvgIpc) is 1.49. The summed E-state index contributed by atoms with van der Waals surface area (Å²) in [5.41, 5.74) is 11.6. The lowest BCUT2D eigenvalue weighted by Crippen LogP contribution is -2.35. The molecule has 10 aromatic carbocycles. The summed E-state index contributed by atoms with van der Waals surface area (Å²) in [6.45, 7) is 3.34. The second kappa shape index (κ2) is 33.7. The van der Waals surface area contributed by atoms with Crippen LogP contribution in [-0.4, -0.2) is 76.2 Å². The van der Waals surface area contributed by atoms with Gasteiger partial charge >= 0.3 is 6.03 Å². The van der Waals surface area contributed by atoms with E-state index in [1.54, 1.807) is 108 Å². The van der Waals surface area contributed by atoms with E-state index in [9.17, 15) is 59.7 Å². The van der Waals surface area contributed by atoms with Gasteiger partial charge in [-0.15, -0.1) is 0 Å². The summed E-state index contributed by atoms with van der Waals surface area (Å²) in [5.74, 6) is -0.468. The van der Waals surface area contributed by atoms with Crippen molar-refractivity contribution in [2.24, 2.45) is 10.9 Å². The molecule has 0 bridgehead atoms. The number of nitrogens with one attached hydrogen (secondary N) is 2. The van der Waals surface area contributed by atoms with E-state index in [-0.39, 0.29) is 34.5 Å². The van der Waals surface area contributed by atoms with Gasteiger partial charge in [0, 0.05) is 29.7 Å². The molecule has 3 heterocycles. The van der Waals surface area contributed by atoms with Gasteiger partial charge in [0.05, 0.1) is 52.4 Å². The van der Waals surface area contributed by atoms with Crippen molar-refractivity contribution in [2.45, 2.75) is 62.0 Å². The zero-order chi connectivity index (χ0) is 72.6. The number of carbonyl (C=O) groups excluding carboxylic acids is 1. The highest BCUT2D eigenvalue weighted by Crippen LogP contribution is 2.36. The Morgan fingerprint density at radius 3 is 1.18 bits per heavy atom. The molecule has 31 heteroatoms. The first kappa shape index (κ1) is 77.2. The van der Waals surface area contributed by atoms with E-state index in [0.29, 0.717) is 40.3 Å². The molecule has 3 aliphatic heterocycles. The molecule has 13 rings (SSSR count). The molecule has 100 heavy (non-hydrogen) atoms. The number of amides is 2. The van der Waals surface area contributed by atoms with Gasteiger partial charge in [0.15, 0.2) is 0 Å². The number of anilines is 4. The molecule has 0 radical (unpaired) electrons. The van der Waals surface area contributed by atoms with Crippen LogP contribution in [0.2, 0.25) is 20.1 Å². The van der Waals surface area contributed by atoms with Crippen molar-refractivity contribution < 1.29 is 59.7 Å². The molecule has 0 atom stereocenters. The predicted octanol–water partition coefficient (Wildman–Crippen LogP) is 13.6. The van der Waals surface area contributed by atoms with Gasteiger partial charge in [-0.05, 0) is 188 Å². The lowest BCUT2D eigenvalue weighted by atomic mass is 10.0. The van der Waals surface area contributed by atoms with Crippen molar-refractivity contribution in [3.8, 4) is 0 Å². The van der Waals surface area contributed by atoms with Crippen LogP contribution < -0.4 is 33.2 Å². The Bertz CT molecular complexity index is 5260. The molecule has 2 amide bonds. The Morgan fingerprint density at radius 2 is 0.760 bits per heavy atom. The number of benzene rings is 10. The number of rotatable bonds is 12. The summed E-state index contributed by atoms with van der Waals surface area (Å²) < 4.78 is 165. The molecule has 0 spiro atoms. The molecule has 0 unspecified atom stereocenters. The summed E-state index contributed by atoms with van der Waals surface area (Å²) >= 11 is 22.8. The number of aryl methyl sites for hydroxylation is 2. The third-order valence-corrected chi connectivity index (χ3v) is 25.5. The quantitative estimate of drug-likeness (QED) is 0.0885. The average molecular weight is 1550 g/mol. The van der Waals surface area contributed by atoms with Crippen molar-refractivity contribution in [3.05, 3.63) is 297 Å². The monoisotopic (exact) mass is 1550 g/mol. The Balaban J connectivity index is 0.000000154. The Morgan fingerprint density at radius 1 is 0.400 bits per heavy atom. The predicted molar refractivity (Wildman–Crippen MR) is 391 cm³/mol. The van der Waals surface area contributed by atoms with E-state index in [2.05, 4.69) is 4.72 Å². The number of fused-ring (bicyclic) bond motifs is 3. The summed E-state index contributed by atoms with van der Waals surface area (Å²) in [6.07, 6.45) is 3.29. The third-order valence-electron chi connectivity index (χ3n) is 14.9. The summed E-state index contributed by atoms with van der Waals surface area (Å²) in [5, 5.41) is 6.08. The van der Waals surface area contributed by atoms with Gasteiger partial charge in [0.2, 0.25) is 10.0 Å². The highest BCUT2D eigenvalue weighted by atomic mass is 35.5. The van der Waals surface area contributed by atoms with E-state index in [1.807, 2.05) is 97.9 Å². The fourth-order valence-corrected chi connectivity index (χ4v) is 18.5. The van der Waals surface area contributed by atoms with E-state index < -0.39 is 72.0 Å². The van der Waals surface area contributed by atoms with Gasteiger partial charge in [-0.3, -0.25) is 17.6 Å². The number of nitrogens with two attached hydrogens (primary N) is 2. The van der Waals surface area contributed by atoms with Gasteiger partial charge in [-0.1, -0.05) is 162 Å². The van der Waals surface area contributed by atoms with Gasteiger partial charge in [0.25, 0.3) is 50.1 Å². The number of urea groups is 1. The molecule has 0 aromatic heterocycles. The van der Waals surface area contributed by atoms with Crippen LogP contribution in [-0.2, 0) is 79.4 Å². The first-order chi connectivity index (χ1) is 47.3. The molecule has 0 saturated carbocycles. The molecular formula is C69H64Cl4FN7O13S6. The van der Waals surface area contributed by atoms with Crippen LogP contribution in [0, 0.1) is 12.7 Å². The van der Waals surface area contributed by atoms with E-state index >= 15 is 0 Å². The maximum Gasteiger partial charge on any atom is 0.326 e. The molecule has 0 saturated heterocycles. The number of primary amides is 1. The van der Waals surface area contributed by atoms with Crippen LogP contribution in [0.3, 0.4) is 0 Å². The van der Waals surface area contributed by atoms with Crippen LogP contribution in [0.1, 0.15) is 28.7 Å². The topological polar surface area (TPSA) is 308 Å². The number of halogens is 5. The number of para-hydroxylation sites is 4. The summed E-state index contributed by atoms with van der Waals surface area (Å²) in [4.78, 5) is 11.1. The number of sulfonamides is 6. The minimum absolute atomic E-state index is 0.0289. The molecule has 0 aliphatic carbocycles. The Labute approximate surface area is 601 Å². The Hall–Kier alpha value is -8.58. The van der Waals surface area contributed by atoms with Gasteiger partial charge in [0.1, 0.15) is 15.6 Å². The molecule has 3 aliphatic rings. The summed E-state index contributed by atoms with van der Waals surface area (Å²) in [6, 6.07) is 66.4. The van der Waals surface area contributed by atoms with Crippen molar-refractivity contribution in [1.82, 2.24) is 4.72 Å². The molecule has 524 valence electrons. The molecule has 0 fully saturated rings. The van der Waals surface area contributed by atoms with E-state index in [4.69, 9.17) is 57.3 Å². The second-order valence-corrected chi connectivity index (χ2v) is 33.8. The van der Waals surface area contributed by atoms with Crippen LogP contribution >= 0.6 is 46.4 Å². The maximum absolute atomic E-state index is 12.8. The SMILES string of the molecule is Cc1ccccc1NS(=O)(=O)c1ccc(F)cc1.NC(=O)NS(=O)(=O)c1ccccc1Cl.NS(=O)(=O)c1ccccc1Cl.O=S(=O)(c1ccc(Cl)cc1)N1CCCc2ccccc21.O=S(=O)(c1ccc(Cl)cc1)N1CCc2ccccc21.O=S(=O)(c1ccccc1)N1CCc2ccccc21. The van der Waals surface area contributed by atoms with Crippen molar-refractivity contribution in [3.63, 3.8) is 0 Å². The molecule has 10 aromatic rings. The third kappa shape index (κ3) is 19.9. The maximum atomic E-state index is 12.8. The van der Waals surface area contributed by atoms with Crippen LogP contribution in [0.25, 0.3) is 0 Å². The fraction of sp³-hybridized carbons (Fsp3) is 0.116. The Kier molecular flexibility index (Phi) is 26.0. The van der Waals surface area contributed by atoms with Gasteiger partial charge < -0.3 is 5.73 Å². The van der Waals surface area contributed by atoms with Crippen LogP contribution in [0.4, 0.5) is 31.9 Å². The van der Waals surface area contributed by atoms with Gasteiger partial charge in [-0.2, -0.15) is 0 Å². The number of hydrogen-bond donors (Lipinski definition) is 4. The standard InChI is InChI=1S/C15H14ClNO2S.C14H12ClNO2S.C14H13NO2S.C13H12FNO2S.C7H7ClN2O3S.C6H6ClNO2S/c16-13-7-9-14(10-8-13)20(18,19)17-11-3-5-12-4-1-2-6-15(12)17;15-12-5-7-13(8-6-12)19(17,18)16-10-9-11-3-1-2-4-14(11)16;16-18(17,13-7-2-1-3-8-13)15-11-10-12-6-4-5-9-14(12)15;1-10-4-2-3-5-13(10)15-18(16,17)12-8-6-11(14)7-9-12;8-5-3-1-2-4-6(5)14(12,13)10-7(9)11;7-5-3-1-2-4-6(5)11(8,9)10/h1-2,4,6-10H,3,5,11H2;1-8H,9-10H2;1-9H,10-11H2;2-9,15H,1H3;1-4H,(H3,9,10,11);1-4H,(H2,8,9,10). The van der Waals surface area contributed by atoms with E-state index in [0.717, 1.165) is 77.1 Å². The molecule has 20 nitrogen and oxygen atoms in total. The molecular weight excluding hydrogens is 1490 g/mol. The summed E-state index contributed by atoms with van der Waals surface area (Å²) in [7, 11) is -21.7. The van der Waals surface area contributed by atoms with Crippen LogP contribution in [0.5, 0.6) is 0 Å². The zero-order valence-electron chi connectivity index (χ0n) is 52.8. The first-order valence-electron chi connectivity index (χ1n) is 29.9. The lowest BCUT2D eigenvalue weighted by Gasteiger charge is -2.30. The second-order valence-electron chi connectivity index (χ2n) is 21.7. The number of hydrogen-bond acceptors (Lipinski definition) is 13. The number of carbonyl (C=O) groups is 1. The first-order valence-corrected chi connectivity index (χ1v) is 40.2. The largest absolute Gasteiger partial charge is 0.351 e.